The molecule has 0 bridgehead atoms. The van der Waals surface area contributed by atoms with Crippen molar-refractivity contribution in [1.29, 1.82) is 0 Å². The van der Waals surface area contributed by atoms with E-state index in [2.05, 4.69) is 29.8 Å². The van der Waals surface area contributed by atoms with Crippen LogP contribution in [0.5, 0.6) is 0 Å². The van der Waals surface area contributed by atoms with E-state index < -0.39 is 0 Å². The second-order valence-electron chi connectivity index (χ2n) is 5.56. The highest BCUT2D eigenvalue weighted by Crippen LogP contribution is 2.26. The Morgan fingerprint density at radius 2 is 2.11 bits per heavy atom. The molecule has 1 aliphatic rings. The van der Waals surface area contributed by atoms with E-state index in [1.165, 1.54) is 19.3 Å². The lowest BCUT2D eigenvalue weighted by Crippen LogP contribution is -2.27. The zero-order valence-corrected chi connectivity index (χ0v) is 11.7. The van der Waals surface area contributed by atoms with Crippen molar-refractivity contribution in [2.45, 2.75) is 46.6 Å². The Kier molecular flexibility index (Phi) is 4.23. The standard InChI is InChI=1S/C15H24N2O/c1-11-5-4-7-17(8-6-11)15-14(10-18)12(2)9-13(3)16-15/h9,11,18H,4-8,10H2,1-3H3. The molecule has 1 fully saturated rings. The molecule has 0 radical (unpaired) electrons. The third-order valence-corrected chi connectivity index (χ3v) is 3.93. The van der Waals surface area contributed by atoms with Gasteiger partial charge in [-0.05, 0) is 50.7 Å². The molecule has 1 N–H and O–H groups in total. The first-order valence-corrected chi connectivity index (χ1v) is 6.94. The molecule has 1 atom stereocenters. The van der Waals surface area contributed by atoms with Crippen molar-refractivity contribution in [1.82, 2.24) is 4.98 Å². The number of anilines is 1. The van der Waals surface area contributed by atoms with E-state index in [-0.39, 0.29) is 6.61 Å². The summed E-state index contributed by atoms with van der Waals surface area (Å²) in [4.78, 5) is 7.02. The van der Waals surface area contributed by atoms with Gasteiger partial charge in [0.05, 0.1) is 6.61 Å². The predicted octanol–water partition coefficient (Wildman–Crippen LogP) is 2.82. The molecule has 1 aliphatic heterocycles. The van der Waals surface area contributed by atoms with E-state index in [9.17, 15) is 5.11 Å². The summed E-state index contributed by atoms with van der Waals surface area (Å²) in [5.41, 5.74) is 3.18. The van der Waals surface area contributed by atoms with Gasteiger partial charge in [-0.3, -0.25) is 0 Å². The van der Waals surface area contributed by atoms with Crippen LogP contribution in [-0.2, 0) is 6.61 Å². The van der Waals surface area contributed by atoms with Crippen LogP contribution in [0.25, 0.3) is 0 Å². The zero-order valence-electron chi connectivity index (χ0n) is 11.7. The molecule has 3 heteroatoms. The fourth-order valence-electron chi connectivity index (χ4n) is 2.78. The number of hydrogen-bond acceptors (Lipinski definition) is 3. The molecule has 0 saturated carbocycles. The molecule has 0 spiro atoms. The number of rotatable bonds is 2. The molecular formula is C15H24N2O. The minimum Gasteiger partial charge on any atom is -0.392 e. The summed E-state index contributed by atoms with van der Waals surface area (Å²) in [7, 11) is 0. The second-order valence-corrected chi connectivity index (χ2v) is 5.56. The Bertz CT molecular complexity index is 417. The lowest BCUT2D eigenvalue weighted by Gasteiger charge is -2.25. The van der Waals surface area contributed by atoms with Crippen LogP contribution in [-0.4, -0.2) is 23.2 Å². The van der Waals surface area contributed by atoms with E-state index in [0.29, 0.717) is 0 Å². The Morgan fingerprint density at radius 3 is 2.83 bits per heavy atom. The molecule has 1 saturated heterocycles. The fourth-order valence-corrected chi connectivity index (χ4v) is 2.78. The Labute approximate surface area is 110 Å². The van der Waals surface area contributed by atoms with Gasteiger partial charge < -0.3 is 10.0 Å². The first-order chi connectivity index (χ1) is 8.61. The fraction of sp³-hybridized carbons (Fsp3) is 0.667. The monoisotopic (exact) mass is 248 g/mol. The van der Waals surface area contributed by atoms with Gasteiger partial charge in [0.25, 0.3) is 0 Å². The molecule has 1 aromatic rings. The lowest BCUT2D eigenvalue weighted by molar-refractivity contribution is 0.280. The first-order valence-electron chi connectivity index (χ1n) is 6.94. The average Bonchev–Trinajstić information content (AvgIpc) is 2.53. The van der Waals surface area contributed by atoms with Gasteiger partial charge in [-0.25, -0.2) is 4.98 Å². The SMILES string of the molecule is Cc1cc(C)c(CO)c(N2CCCC(C)CC2)n1. The number of nitrogens with zero attached hydrogens (tertiary/aromatic N) is 2. The highest BCUT2D eigenvalue weighted by molar-refractivity contribution is 5.51. The minimum atomic E-state index is 0.0838. The third-order valence-electron chi connectivity index (χ3n) is 3.93. The molecule has 3 nitrogen and oxygen atoms in total. The zero-order chi connectivity index (χ0) is 13.1. The van der Waals surface area contributed by atoms with Crippen LogP contribution in [0.3, 0.4) is 0 Å². The van der Waals surface area contributed by atoms with Gasteiger partial charge >= 0.3 is 0 Å². The van der Waals surface area contributed by atoms with E-state index in [0.717, 1.165) is 41.6 Å². The normalized spacial score (nSPS) is 20.9. The van der Waals surface area contributed by atoms with Crippen molar-refractivity contribution >= 4 is 5.82 Å². The van der Waals surface area contributed by atoms with Gasteiger partial charge in [0.2, 0.25) is 0 Å². The summed E-state index contributed by atoms with van der Waals surface area (Å²) in [6.07, 6.45) is 3.75. The van der Waals surface area contributed by atoms with Gasteiger partial charge in [-0.2, -0.15) is 0 Å². The number of pyridine rings is 1. The average molecular weight is 248 g/mol. The van der Waals surface area contributed by atoms with Crippen LogP contribution in [0.4, 0.5) is 5.82 Å². The topological polar surface area (TPSA) is 36.4 Å². The number of aliphatic hydroxyl groups excluding tert-OH is 1. The summed E-state index contributed by atoms with van der Waals surface area (Å²) in [5.74, 6) is 1.81. The van der Waals surface area contributed by atoms with Crippen LogP contribution in [0.2, 0.25) is 0 Å². The number of aromatic nitrogens is 1. The van der Waals surface area contributed by atoms with Crippen molar-refractivity contribution in [2.24, 2.45) is 5.92 Å². The van der Waals surface area contributed by atoms with E-state index in [1.54, 1.807) is 0 Å². The second kappa shape index (κ2) is 5.70. The van der Waals surface area contributed by atoms with E-state index in [4.69, 9.17) is 0 Å². The maximum Gasteiger partial charge on any atom is 0.134 e. The molecule has 0 amide bonds. The molecule has 18 heavy (non-hydrogen) atoms. The van der Waals surface area contributed by atoms with Crippen molar-refractivity contribution in [3.8, 4) is 0 Å². The molecular weight excluding hydrogens is 224 g/mol. The van der Waals surface area contributed by atoms with Crippen LogP contribution < -0.4 is 4.90 Å². The minimum absolute atomic E-state index is 0.0838. The van der Waals surface area contributed by atoms with Gasteiger partial charge in [0.1, 0.15) is 5.82 Å². The lowest BCUT2D eigenvalue weighted by atomic mass is 10.0. The third kappa shape index (κ3) is 2.83. The maximum atomic E-state index is 9.58. The summed E-state index contributed by atoms with van der Waals surface area (Å²) in [5, 5.41) is 9.58. The highest BCUT2D eigenvalue weighted by atomic mass is 16.3. The Morgan fingerprint density at radius 1 is 1.33 bits per heavy atom. The molecule has 2 rings (SSSR count). The molecule has 2 heterocycles. The van der Waals surface area contributed by atoms with Gasteiger partial charge in [0.15, 0.2) is 0 Å². The predicted molar refractivity (Wildman–Crippen MR) is 74.9 cm³/mol. The number of aliphatic hydroxyl groups is 1. The van der Waals surface area contributed by atoms with Crippen molar-refractivity contribution in [2.75, 3.05) is 18.0 Å². The molecule has 1 unspecified atom stereocenters. The molecule has 0 aliphatic carbocycles. The highest BCUT2D eigenvalue weighted by Gasteiger charge is 2.18. The maximum absolute atomic E-state index is 9.58. The summed E-state index contributed by atoms with van der Waals surface area (Å²) < 4.78 is 0. The Hall–Kier alpha value is -1.09. The number of hydrogen-bond donors (Lipinski definition) is 1. The van der Waals surface area contributed by atoms with Crippen LogP contribution >= 0.6 is 0 Å². The number of aryl methyl sites for hydroxylation is 2. The molecule has 0 aromatic carbocycles. The van der Waals surface area contributed by atoms with Crippen LogP contribution in [0.15, 0.2) is 6.07 Å². The van der Waals surface area contributed by atoms with Crippen molar-refractivity contribution in [3.05, 3.63) is 22.9 Å². The van der Waals surface area contributed by atoms with E-state index >= 15 is 0 Å². The summed E-state index contributed by atoms with van der Waals surface area (Å²) in [6.45, 7) is 8.62. The van der Waals surface area contributed by atoms with Crippen molar-refractivity contribution < 1.29 is 5.11 Å². The van der Waals surface area contributed by atoms with Crippen LogP contribution in [0, 0.1) is 19.8 Å². The van der Waals surface area contributed by atoms with Crippen LogP contribution in [0.1, 0.15) is 43.0 Å². The Balaban J connectivity index is 2.31. The molecule has 1 aromatic heterocycles. The smallest absolute Gasteiger partial charge is 0.134 e. The quantitative estimate of drug-likeness (QED) is 0.874. The summed E-state index contributed by atoms with van der Waals surface area (Å²) in [6, 6.07) is 2.05. The van der Waals surface area contributed by atoms with Gasteiger partial charge in [-0.15, -0.1) is 0 Å². The van der Waals surface area contributed by atoms with Gasteiger partial charge in [0, 0.05) is 24.3 Å². The van der Waals surface area contributed by atoms with E-state index in [1.807, 2.05) is 6.92 Å². The van der Waals surface area contributed by atoms with Gasteiger partial charge in [-0.1, -0.05) is 6.92 Å². The first kappa shape index (κ1) is 13.3. The molecule has 100 valence electrons. The summed E-state index contributed by atoms with van der Waals surface area (Å²) >= 11 is 0. The van der Waals surface area contributed by atoms with Crippen molar-refractivity contribution in [3.63, 3.8) is 0 Å². The largest absolute Gasteiger partial charge is 0.392 e.